The molecular weight excluding hydrogens is 387 g/mol. The summed E-state index contributed by atoms with van der Waals surface area (Å²) in [4.78, 5) is 6.71. The van der Waals surface area contributed by atoms with E-state index < -0.39 is 0 Å². The van der Waals surface area contributed by atoms with E-state index in [4.69, 9.17) is 22.1 Å². The van der Waals surface area contributed by atoms with Crippen LogP contribution in [0.5, 0.6) is 0 Å². The van der Waals surface area contributed by atoms with Crippen LogP contribution in [0.1, 0.15) is 18.8 Å². The van der Waals surface area contributed by atoms with Crippen LogP contribution in [0.3, 0.4) is 0 Å². The molecule has 3 rings (SSSR count). The number of rotatable bonds is 5. The topological polar surface area (TPSA) is 92.1 Å². The maximum atomic E-state index is 6.12. The molecule has 0 aliphatic carbocycles. The largest absolute Gasteiger partial charge is 0.378 e. The normalized spacial score (nSPS) is 16.4. The van der Waals surface area contributed by atoms with Gasteiger partial charge in [-0.2, -0.15) is 4.98 Å². The zero-order chi connectivity index (χ0) is 16.2. The van der Waals surface area contributed by atoms with Crippen LogP contribution >= 0.6 is 36.4 Å². The number of morpholine rings is 1. The van der Waals surface area contributed by atoms with Crippen molar-refractivity contribution < 1.29 is 4.74 Å². The first-order valence-corrected chi connectivity index (χ1v) is 8.04. The van der Waals surface area contributed by atoms with Gasteiger partial charge < -0.3 is 20.7 Å². The van der Waals surface area contributed by atoms with Crippen LogP contribution in [0.25, 0.3) is 0 Å². The molecule has 2 atom stereocenters. The monoisotopic (exact) mass is 408 g/mol. The number of benzene rings is 1. The Labute approximate surface area is 164 Å². The number of nitrogens with two attached hydrogens (primary N) is 1. The van der Waals surface area contributed by atoms with Gasteiger partial charge >= 0.3 is 0 Å². The predicted molar refractivity (Wildman–Crippen MR) is 105 cm³/mol. The Balaban J connectivity index is 0.00000156. The number of H-pyrrole nitrogens is 1. The second kappa shape index (κ2) is 10.0. The zero-order valence-electron chi connectivity index (χ0n) is 13.8. The van der Waals surface area contributed by atoms with E-state index in [9.17, 15) is 0 Å². The van der Waals surface area contributed by atoms with E-state index in [1.807, 2.05) is 31.2 Å². The van der Waals surface area contributed by atoms with Crippen LogP contribution in [0.15, 0.2) is 24.3 Å². The van der Waals surface area contributed by atoms with Crippen LogP contribution < -0.4 is 16.0 Å². The molecule has 1 aromatic carbocycles. The molecule has 7 nitrogen and oxygen atoms in total. The van der Waals surface area contributed by atoms with Crippen molar-refractivity contribution in [2.75, 3.05) is 36.5 Å². The van der Waals surface area contributed by atoms with Gasteiger partial charge in [-0.05, 0) is 31.2 Å². The molecule has 2 unspecified atom stereocenters. The van der Waals surface area contributed by atoms with Crippen LogP contribution in [-0.4, -0.2) is 47.5 Å². The molecule has 0 saturated carbocycles. The van der Waals surface area contributed by atoms with Gasteiger partial charge in [0, 0.05) is 29.8 Å². The maximum absolute atomic E-state index is 6.12. The smallest absolute Gasteiger partial charge is 0.244 e. The lowest BCUT2D eigenvalue weighted by molar-refractivity contribution is 0.122. The number of hydrogen-bond acceptors (Lipinski definition) is 6. The molecule has 1 fully saturated rings. The average molecular weight is 410 g/mol. The molecule has 10 heteroatoms. The fourth-order valence-corrected chi connectivity index (χ4v) is 2.61. The maximum Gasteiger partial charge on any atom is 0.244 e. The van der Waals surface area contributed by atoms with E-state index in [2.05, 4.69) is 25.4 Å². The molecule has 0 radical (unpaired) electrons. The summed E-state index contributed by atoms with van der Waals surface area (Å²) in [5.41, 5.74) is 7.06. The van der Waals surface area contributed by atoms with Gasteiger partial charge in [0.1, 0.15) is 6.04 Å². The van der Waals surface area contributed by atoms with Crippen molar-refractivity contribution in [3.63, 3.8) is 0 Å². The number of anilines is 2. The summed E-state index contributed by atoms with van der Waals surface area (Å²) in [5, 5.41) is 11.4. The first-order chi connectivity index (χ1) is 11.1. The standard InChI is InChI=1S/C15H21ClN6O.2ClH/c1-10(17)13(18-12-4-2-11(16)3-5-12)14-19-15(21-20-14)22-6-8-23-9-7-22;;/h2-5,10,13,18H,6-9,17H2,1H3,(H,19,20,21);2*1H. The molecule has 1 aliphatic heterocycles. The molecule has 0 amide bonds. The van der Waals surface area contributed by atoms with Crippen molar-refractivity contribution in [3.05, 3.63) is 35.1 Å². The van der Waals surface area contributed by atoms with Gasteiger partial charge in [0.05, 0.1) is 13.2 Å². The van der Waals surface area contributed by atoms with Crippen molar-refractivity contribution in [1.82, 2.24) is 15.2 Å². The Morgan fingerprint density at radius 1 is 1.24 bits per heavy atom. The van der Waals surface area contributed by atoms with E-state index >= 15 is 0 Å². The molecule has 1 aliphatic rings. The van der Waals surface area contributed by atoms with Crippen LogP contribution in [0, 0.1) is 0 Å². The molecular formula is C15H23Cl3N6O. The van der Waals surface area contributed by atoms with Gasteiger partial charge in [-0.3, -0.25) is 5.10 Å². The Bertz CT molecular complexity index is 630. The molecule has 2 heterocycles. The van der Waals surface area contributed by atoms with E-state index in [-0.39, 0.29) is 36.9 Å². The number of nitrogens with one attached hydrogen (secondary N) is 2. The van der Waals surface area contributed by atoms with E-state index in [0.717, 1.165) is 24.6 Å². The fourth-order valence-electron chi connectivity index (χ4n) is 2.48. The third kappa shape index (κ3) is 5.62. The average Bonchev–Trinajstić information content (AvgIpc) is 3.04. The summed E-state index contributed by atoms with van der Waals surface area (Å²) < 4.78 is 5.35. The first-order valence-electron chi connectivity index (χ1n) is 7.66. The van der Waals surface area contributed by atoms with E-state index in [1.54, 1.807) is 0 Å². The summed E-state index contributed by atoms with van der Waals surface area (Å²) >= 11 is 5.92. The number of halogens is 3. The number of aromatic nitrogens is 3. The fraction of sp³-hybridized carbons (Fsp3) is 0.467. The molecule has 0 spiro atoms. The third-order valence-electron chi connectivity index (χ3n) is 3.77. The Kier molecular flexibility index (Phi) is 8.75. The second-order valence-corrected chi connectivity index (χ2v) is 6.04. The minimum atomic E-state index is -0.168. The Morgan fingerprint density at radius 3 is 2.48 bits per heavy atom. The molecule has 4 N–H and O–H groups in total. The van der Waals surface area contributed by atoms with Gasteiger partial charge in [-0.15, -0.1) is 29.9 Å². The summed E-state index contributed by atoms with van der Waals surface area (Å²) in [6.45, 7) is 4.92. The van der Waals surface area contributed by atoms with Crippen molar-refractivity contribution >= 4 is 48.1 Å². The summed E-state index contributed by atoms with van der Waals surface area (Å²) in [6, 6.07) is 7.19. The molecule has 1 aromatic heterocycles. The van der Waals surface area contributed by atoms with Crippen LogP contribution in [0.2, 0.25) is 5.02 Å². The predicted octanol–water partition coefficient (Wildman–Crippen LogP) is 2.64. The van der Waals surface area contributed by atoms with Crippen LogP contribution in [0.4, 0.5) is 11.6 Å². The number of hydrogen-bond donors (Lipinski definition) is 3. The summed E-state index contributed by atoms with van der Waals surface area (Å²) in [6.07, 6.45) is 0. The molecule has 2 aromatic rings. The van der Waals surface area contributed by atoms with Crippen molar-refractivity contribution in [1.29, 1.82) is 0 Å². The number of aromatic amines is 1. The number of ether oxygens (including phenoxy) is 1. The highest BCUT2D eigenvalue weighted by molar-refractivity contribution is 6.30. The first kappa shape index (κ1) is 21.8. The lowest BCUT2D eigenvalue weighted by atomic mass is 10.1. The molecule has 140 valence electrons. The summed E-state index contributed by atoms with van der Waals surface area (Å²) in [5.74, 6) is 1.41. The van der Waals surface area contributed by atoms with E-state index in [1.165, 1.54) is 0 Å². The quantitative estimate of drug-likeness (QED) is 0.703. The molecule has 25 heavy (non-hydrogen) atoms. The Morgan fingerprint density at radius 2 is 1.88 bits per heavy atom. The third-order valence-corrected chi connectivity index (χ3v) is 4.02. The summed E-state index contributed by atoms with van der Waals surface area (Å²) in [7, 11) is 0. The van der Waals surface area contributed by atoms with Gasteiger partial charge in [0.15, 0.2) is 5.82 Å². The highest BCUT2D eigenvalue weighted by Gasteiger charge is 2.23. The minimum Gasteiger partial charge on any atom is -0.378 e. The van der Waals surface area contributed by atoms with Gasteiger partial charge in [0.25, 0.3) is 0 Å². The van der Waals surface area contributed by atoms with Crippen LogP contribution in [-0.2, 0) is 4.74 Å². The van der Waals surface area contributed by atoms with Crippen molar-refractivity contribution in [3.8, 4) is 0 Å². The van der Waals surface area contributed by atoms with Crippen molar-refractivity contribution in [2.24, 2.45) is 5.73 Å². The zero-order valence-corrected chi connectivity index (χ0v) is 16.2. The van der Waals surface area contributed by atoms with Gasteiger partial charge in [0.2, 0.25) is 5.95 Å². The van der Waals surface area contributed by atoms with Crippen molar-refractivity contribution in [2.45, 2.75) is 19.0 Å². The highest BCUT2D eigenvalue weighted by Crippen LogP contribution is 2.22. The lowest BCUT2D eigenvalue weighted by Gasteiger charge is -2.25. The lowest BCUT2D eigenvalue weighted by Crippen LogP contribution is -2.37. The molecule has 1 saturated heterocycles. The molecule has 0 bridgehead atoms. The van der Waals surface area contributed by atoms with Gasteiger partial charge in [-0.25, -0.2) is 0 Å². The minimum absolute atomic E-state index is 0. The van der Waals surface area contributed by atoms with E-state index in [0.29, 0.717) is 24.2 Å². The Hall–Kier alpha value is -1.25. The SMILES string of the molecule is CC(N)C(Nc1ccc(Cl)cc1)c1nc(N2CCOCC2)n[nH]1.Cl.Cl. The number of nitrogens with zero attached hydrogens (tertiary/aromatic N) is 3. The highest BCUT2D eigenvalue weighted by atomic mass is 35.5. The van der Waals surface area contributed by atoms with Gasteiger partial charge in [-0.1, -0.05) is 11.6 Å². The second-order valence-electron chi connectivity index (χ2n) is 5.61.